The van der Waals surface area contributed by atoms with Gasteiger partial charge in [0, 0.05) is 36.9 Å². The summed E-state index contributed by atoms with van der Waals surface area (Å²) in [7, 11) is 2.07. The minimum absolute atomic E-state index is 0.132. The molecule has 2 aromatic heterocycles. The average molecular weight is 290 g/mol. The van der Waals surface area contributed by atoms with Crippen LogP contribution >= 0.6 is 11.3 Å². The monoisotopic (exact) mass is 290 g/mol. The van der Waals surface area contributed by atoms with E-state index in [4.69, 9.17) is 0 Å². The molecule has 0 saturated carbocycles. The average Bonchev–Trinajstić information content (AvgIpc) is 3.09. The molecule has 1 unspecified atom stereocenters. The van der Waals surface area contributed by atoms with Crippen molar-refractivity contribution in [1.29, 1.82) is 0 Å². The molecule has 1 aliphatic heterocycles. The zero-order valence-corrected chi connectivity index (χ0v) is 12.5. The van der Waals surface area contributed by atoms with Gasteiger partial charge < -0.3 is 9.88 Å². The van der Waals surface area contributed by atoms with E-state index in [9.17, 15) is 4.79 Å². The summed E-state index contributed by atoms with van der Waals surface area (Å²) in [4.78, 5) is 26.2. The van der Waals surface area contributed by atoms with Crippen molar-refractivity contribution >= 4 is 17.2 Å². The first-order chi connectivity index (χ1) is 9.65. The van der Waals surface area contributed by atoms with Gasteiger partial charge >= 0.3 is 0 Å². The van der Waals surface area contributed by atoms with Gasteiger partial charge in [-0.1, -0.05) is 0 Å². The van der Waals surface area contributed by atoms with Gasteiger partial charge in [0.2, 0.25) is 0 Å². The lowest BCUT2D eigenvalue weighted by Crippen LogP contribution is -2.49. The molecule has 3 heterocycles. The highest BCUT2D eigenvalue weighted by molar-refractivity contribution is 7.13. The van der Waals surface area contributed by atoms with Crippen LogP contribution in [0.5, 0.6) is 0 Å². The number of nitrogens with one attached hydrogen (secondary N) is 1. The molecule has 0 radical (unpaired) electrons. The predicted octanol–water partition coefficient (Wildman–Crippen LogP) is 1.91. The van der Waals surface area contributed by atoms with E-state index in [1.165, 1.54) is 4.88 Å². The van der Waals surface area contributed by atoms with Gasteiger partial charge in [-0.05, 0) is 26.1 Å². The number of aryl methyl sites for hydroxylation is 1. The second-order valence-electron chi connectivity index (χ2n) is 5.13. The molecule has 0 aromatic carbocycles. The Kier molecular flexibility index (Phi) is 3.58. The highest BCUT2D eigenvalue weighted by atomic mass is 32.1. The van der Waals surface area contributed by atoms with Gasteiger partial charge in [-0.15, -0.1) is 11.3 Å². The van der Waals surface area contributed by atoms with Crippen molar-refractivity contribution in [1.82, 2.24) is 19.8 Å². The van der Waals surface area contributed by atoms with Crippen molar-refractivity contribution in [3.8, 4) is 0 Å². The third kappa shape index (κ3) is 2.48. The molecule has 2 aromatic rings. The zero-order valence-electron chi connectivity index (χ0n) is 11.7. The Morgan fingerprint density at radius 1 is 1.45 bits per heavy atom. The fraction of sp³-hybridized carbons (Fsp3) is 0.429. The number of thiophene rings is 1. The van der Waals surface area contributed by atoms with Crippen molar-refractivity contribution in [2.24, 2.45) is 0 Å². The van der Waals surface area contributed by atoms with Gasteiger partial charge in [0.05, 0.1) is 10.9 Å². The second-order valence-corrected chi connectivity index (χ2v) is 6.42. The smallest absolute Gasteiger partial charge is 0.264 e. The van der Waals surface area contributed by atoms with Crippen LogP contribution in [-0.4, -0.2) is 52.4 Å². The maximum absolute atomic E-state index is 12.5. The van der Waals surface area contributed by atoms with Gasteiger partial charge in [0.15, 0.2) is 0 Å². The predicted molar refractivity (Wildman–Crippen MR) is 78.9 cm³/mol. The van der Waals surface area contributed by atoms with Crippen LogP contribution in [0.3, 0.4) is 0 Å². The summed E-state index contributed by atoms with van der Waals surface area (Å²) in [6.45, 7) is 4.34. The molecule has 0 aliphatic carbocycles. The summed E-state index contributed by atoms with van der Waals surface area (Å²) in [6, 6.07) is 4.06. The number of hydrogen-bond acceptors (Lipinski definition) is 4. The number of carbonyl (C=O) groups excluding carboxylic acids is 1. The Morgan fingerprint density at radius 3 is 2.95 bits per heavy atom. The molecule has 5 nitrogen and oxygen atoms in total. The molecule has 0 bridgehead atoms. The van der Waals surface area contributed by atoms with Gasteiger partial charge in [0.1, 0.15) is 5.82 Å². The molecule has 1 aliphatic rings. The Labute approximate surface area is 122 Å². The van der Waals surface area contributed by atoms with Crippen LogP contribution in [0.1, 0.15) is 26.4 Å². The highest BCUT2D eigenvalue weighted by Gasteiger charge is 2.30. The highest BCUT2D eigenvalue weighted by Crippen LogP contribution is 2.24. The van der Waals surface area contributed by atoms with Gasteiger partial charge in [-0.2, -0.15) is 0 Å². The van der Waals surface area contributed by atoms with Gasteiger partial charge in [0.25, 0.3) is 5.91 Å². The molecule has 1 fully saturated rings. The molecule has 106 valence electrons. The number of aromatic amines is 1. The number of hydrogen-bond donors (Lipinski definition) is 1. The van der Waals surface area contributed by atoms with Crippen molar-refractivity contribution in [3.05, 3.63) is 40.1 Å². The van der Waals surface area contributed by atoms with Crippen LogP contribution in [0.2, 0.25) is 0 Å². The fourth-order valence-corrected chi connectivity index (χ4v) is 3.35. The second kappa shape index (κ2) is 5.38. The quantitative estimate of drug-likeness (QED) is 0.919. The largest absolute Gasteiger partial charge is 0.347 e. The maximum atomic E-state index is 12.5. The summed E-state index contributed by atoms with van der Waals surface area (Å²) in [5.41, 5.74) is 0. The van der Waals surface area contributed by atoms with Crippen LogP contribution in [-0.2, 0) is 0 Å². The summed E-state index contributed by atoms with van der Waals surface area (Å²) in [5, 5.41) is 0. The number of nitrogens with zero attached hydrogens (tertiary/aromatic N) is 3. The Morgan fingerprint density at radius 2 is 2.30 bits per heavy atom. The van der Waals surface area contributed by atoms with E-state index in [2.05, 4.69) is 21.9 Å². The first-order valence-electron chi connectivity index (χ1n) is 6.70. The molecule has 6 heteroatoms. The Bertz CT molecular complexity index is 592. The Hall–Kier alpha value is -1.66. The maximum Gasteiger partial charge on any atom is 0.264 e. The van der Waals surface area contributed by atoms with E-state index < -0.39 is 0 Å². The molecule has 1 atom stereocenters. The van der Waals surface area contributed by atoms with E-state index in [0.29, 0.717) is 6.54 Å². The SMILES string of the molecule is Cc1ccc(C(=O)N2CCN(C)C(c3ncc[nH]3)C2)s1. The van der Waals surface area contributed by atoms with E-state index in [1.54, 1.807) is 17.5 Å². The first-order valence-corrected chi connectivity index (χ1v) is 7.52. The van der Waals surface area contributed by atoms with Crippen molar-refractivity contribution in [2.75, 3.05) is 26.7 Å². The minimum Gasteiger partial charge on any atom is -0.347 e. The van der Waals surface area contributed by atoms with Crippen molar-refractivity contribution in [2.45, 2.75) is 13.0 Å². The molecule has 3 rings (SSSR count). The molecule has 0 spiro atoms. The lowest BCUT2D eigenvalue weighted by molar-refractivity contribution is 0.0539. The van der Waals surface area contributed by atoms with Crippen molar-refractivity contribution in [3.63, 3.8) is 0 Å². The van der Waals surface area contributed by atoms with Crippen LogP contribution in [0.15, 0.2) is 24.5 Å². The van der Waals surface area contributed by atoms with Crippen LogP contribution in [0.4, 0.5) is 0 Å². The lowest BCUT2D eigenvalue weighted by atomic mass is 10.1. The number of aromatic nitrogens is 2. The summed E-state index contributed by atoms with van der Waals surface area (Å²) in [5.74, 6) is 1.06. The molecular formula is C14H18N4OS. The van der Waals surface area contributed by atoms with E-state index >= 15 is 0 Å². The summed E-state index contributed by atoms with van der Waals surface area (Å²) >= 11 is 1.56. The third-order valence-corrected chi connectivity index (χ3v) is 4.71. The van der Waals surface area contributed by atoms with Crippen LogP contribution < -0.4 is 0 Å². The zero-order chi connectivity index (χ0) is 14.1. The number of piperazine rings is 1. The number of likely N-dealkylation sites (N-methyl/N-ethyl adjacent to an activating group) is 1. The minimum atomic E-state index is 0.132. The first kappa shape index (κ1) is 13.3. The Balaban J connectivity index is 1.77. The van der Waals surface area contributed by atoms with Crippen LogP contribution in [0.25, 0.3) is 0 Å². The summed E-state index contributed by atoms with van der Waals surface area (Å²) < 4.78 is 0. The number of amides is 1. The number of imidazole rings is 1. The molecular weight excluding hydrogens is 272 g/mol. The third-order valence-electron chi connectivity index (χ3n) is 3.72. The molecule has 1 amide bonds. The van der Waals surface area contributed by atoms with E-state index in [1.807, 2.05) is 30.2 Å². The number of H-pyrrole nitrogens is 1. The summed E-state index contributed by atoms with van der Waals surface area (Å²) in [6.07, 6.45) is 3.58. The number of carbonyl (C=O) groups is 1. The normalized spacial score (nSPS) is 20.3. The van der Waals surface area contributed by atoms with E-state index in [0.717, 1.165) is 23.8 Å². The van der Waals surface area contributed by atoms with Crippen molar-refractivity contribution < 1.29 is 4.79 Å². The van der Waals surface area contributed by atoms with Crippen LogP contribution in [0, 0.1) is 6.92 Å². The molecule has 1 saturated heterocycles. The number of rotatable bonds is 2. The lowest BCUT2D eigenvalue weighted by Gasteiger charge is -2.38. The van der Waals surface area contributed by atoms with Gasteiger partial charge in [-0.3, -0.25) is 9.69 Å². The van der Waals surface area contributed by atoms with Gasteiger partial charge in [-0.25, -0.2) is 4.98 Å². The molecule has 20 heavy (non-hydrogen) atoms. The fourth-order valence-electron chi connectivity index (χ4n) is 2.52. The topological polar surface area (TPSA) is 52.2 Å². The standard InChI is InChI=1S/C14H18N4OS/c1-10-3-4-12(20-10)14(19)18-8-7-17(2)11(9-18)13-15-5-6-16-13/h3-6,11H,7-9H2,1-2H3,(H,15,16). The molecule has 1 N–H and O–H groups in total. The van der Waals surface area contributed by atoms with E-state index in [-0.39, 0.29) is 11.9 Å².